The Morgan fingerprint density at radius 3 is 2.56 bits per heavy atom. The van der Waals surface area contributed by atoms with Gasteiger partial charge in [-0.25, -0.2) is 13.1 Å². The molecule has 0 bridgehead atoms. The van der Waals surface area contributed by atoms with Crippen LogP contribution >= 0.6 is 0 Å². The highest BCUT2D eigenvalue weighted by Crippen LogP contribution is 2.28. The van der Waals surface area contributed by atoms with Crippen LogP contribution in [0, 0.1) is 0 Å². The van der Waals surface area contributed by atoms with Crippen LogP contribution in [0.5, 0.6) is 5.75 Å². The Labute approximate surface area is 158 Å². The second-order valence-electron chi connectivity index (χ2n) is 6.55. The van der Waals surface area contributed by atoms with Crippen molar-refractivity contribution in [2.45, 2.75) is 24.1 Å². The maximum absolute atomic E-state index is 12.7. The molecule has 146 valence electrons. The number of hydrogen-bond donors (Lipinski definition) is 2. The number of ether oxygens (including phenoxy) is 1. The molecule has 1 aromatic carbocycles. The number of hydrogen-bond acceptors (Lipinski definition) is 7. The van der Waals surface area contributed by atoms with E-state index in [4.69, 9.17) is 4.74 Å². The number of carbonyl (C=O) groups is 1. The predicted molar refractivity (Wildman–Crippen MR) is 99.4 cm³/mol. The monoisotopic (exact) mass is 393 g/mol. The first kappa shape index (κ1) is 19.3. The molecular formula is C17H23N5O4S. The first-order chi connectivity index (χ1) is 12.9. The van der Waals surface area contributed by atoms with Crippen LogP contribution in [0.1, 0.15) is 18.5 Å². The Balaban J connectivity index is 1.69. The standard InChI is InChI=1S/C17H23N5O4S/c1-26-15-5-3-14(4-6-15)22-12-13(20-21-22)11-19-16(23)17(27(2,24)25)7-9-18-10-8-17/h3-6,12,18H,7-11H2,1-2H3,(H,19,23). The van der Waals surface area contributed by atoms with Gasteiger partial charge in [0.2, 0.25) is 5.91 Å². The smallest absolute Gasteiger partial charge is 0.241 e. The van der Waals surface area contributed by atoms with Crippen molar-refractivity contribution in [2.24, 2.45) is 0 Å². The summed E-state index contributed by atoms with van der Waals surface area (Å²) in [5.41, 5.74) is 1.34. The molecule has 1 fully saturated rings. The third kappa shape index (κ3) is 3.96. The molecule has 2 N–H and O–H groups in total. The number of nitrogens with one attached hydrogen (secondary N) is 2. The van der Waals surface area contributed by atoms with Crippen molar-refractivity contribution in [1.82, 2.24) is 25.6 Å². The topological polar surface area (TPSA) is 115 Å². The minimum atomic E-state index is -3.54. The molecule has 0 spiro atoms. The Hall–Kier alpha value is -2.46. The van der Waals surface area contributed by atoms with Crippen molar-refractivity contribution < 1.29 is 17.9 Å². The van der Waals surface area contributed by atoms with E-state index in [9.17, 15) is 13.2 Å². The fourth-order valence-corrected chi connectivity index (χ4v) is 4.52. The minimum absolute atomic E-state index is 0.111. The molecule has 1 saturated heterocycles. The van der Waals surface area contributed by atoms with Gasteiger partial charge in [-0.15, -0.1) is 5.10 Å². The van der Waals surface area contributed by atoms with Crippen molar-refractivity contribution in [3.63, 3.8) is 0 Å². The van der Waals surface area contributed by atoms with Crippen LogP contribution < -0.4 is 15.4 Å². The summed E-state index contributed by atoms with van der Waals surface area (Å²) in [5.74, 6) is 0.255. The first-order valence-electron chi connectivity index (χ1n) is 8.60. The lowest BCUT2D eigenvalue weighted by Gasteiger charge is -2.34. The van der Waals surface area contributed by atoms with E-state index in [0.717, 1.165) is 17.7 Å². The molecule has 0 radical (unpaired) electrons. The largest absolute Gasteiger partial charge is 0.497 e. The van der Waals surface area contributed by atoms with E-state index < -0.39 is 20.5 Å². The van der Waals surface area contributed by atoms with Crippen LogP contribution in [0.3, 0.4) is 0 Å². The SMILES string of the molecule is COc1ccc(-n2cc(CNC(=O)C3(S(C)(=O)=O)CCNCC3)nn2)cc1. The highest BCUT2D eigenvalue weighted by atomic mass is 32.2. The van der Waals surface area contributed by atoms with Crippen LogP contribution in [0.15, 0.2) is 30.5 Å². The molecule has 3 rings (SSSR count). The summed E-state index contributed by atoms with van der Waals surface area (Å²) in [4.78, 5) is 12.7. The highest BCUT2D eigenvalue weighted by Gasteiger charge is 2.48. The van der Waals surface area contributed by atoms with Gasteiger partial charge in [0, 0.05) is 6.26 Å². The van der Waals surface area contributed by atoms with Crippen LogP contribution in [-0.2, 0) is 21.2 Å². The Bertz CT molecular complexity index is 902. The fourth-order valence-electron chi connectivity index (χ4n) is 3.17. The van der Waals surface area contributed by atoms with E-state index >= 15 is 0 Å². The Kier molecular flexibility index (Phi) is 5.47. The molecule has 10 heteroatoms. The maximum Gasteiger partial charge on any atom is 0.241 e. The summed E-state index contributed by atoms with van der Waals surface area (Å²) in [7, 11) is -1.95. The van der Waals surface area contributed by atoms with Gasteiger partial charge in [-0.3, -0.25) is 4.79 Å². The number of piperidine rings is 1. The summed E-state index contributed by atoms with van der Waals surface area (Å²) in [6.45, 7) is 1.10. The van der Waals surface area contributed by atoms with Gasteiger partial charge in [-0.2, -0.15) is 0 Å². The van der Waals surface area contributed by atoms with Crippen molar-refractivity contribution in [3.8, 4) is 11.4 Å². The average molecular weight is 393 g/mol. The second kappa shape index (κ2) is 7.65. The molecular weight excluding hydrogens is 370 g/mol. The van der Waals surface area contributed by atoms with E-state index in [2.05, 4.69) is 20.9 Å². The first-order valence-corrected chi connectivity index (χ1v) is 10.5. The summed E-state index contributed by atoms with van der Waals surface area (Å²) in [5, 5.41) is 13.9. The molecule has 1 amide bonds. The quantitative estimate of drug-likeness (QED) is 0.713. The summed E-state index contributed by atoms with van der Waals surface area (Å²) in [6, 6.07) is 7.30. The van der Waals surface area contributed by atoms with Gasteiger partial charge in [-0.1, -0.05) is 5.21 Å². The van der Waals surface area contributed by atoms with Gasteiger partial charge in [0.05, 0.1) is 25.5 Å². The van der Waals surface area contributed by atoms with E-state index in [1.54, 1.807) is 18.0 Å². The van der Waals surface area contributed by atoms with Crippen LogP contribution in [0.25, 0.3) is 5.69 Å². The summed E-state index contributed by atoms with van der Waals surface area (Å²) < 4.78 is 29.9. The third-order valence-electron chi connectivity index (χ3n) is 4.84. The minimum Gasteiger partial charge on any atom is -0.497 e. The molecule has 2 heterocycles. The van der Waals surface area contributed by atoms with E-state index in [1.165, 1.54) is 0 Å². The number of rotatable bonds is 6. The lowest BCUT2D eigenvalue weighted by molar-refractivity contribution is -0.124. The summed E-state index contributed by atoms with van der Waals surface area (Å²) in [6.07, 6.45) is 3.34. The van der Waals surface area contributed by atoms with E-state index in [0.29, 0.717) is 18.8 Å². The van der Waals surface area contributed by atoms with Gasteiger partial charge in [0.25, 0.3) is 0 Å². The highest BCUT2D eigenvalue weighted by molar-refractivity contribution is 7.92. The van der Waals surface area contributed by atoms with Crippen molar-refractivity contribution in [3.05, 3.63) is 36.2 Å². The number of methoxy groups -OCH3 is 1. The normalized spacial score (nSPS) is 16.7. The van der Waals surface area contributed by atoms with Gasteiger partial charge < -0.3 is 15.4 Å². The molecule has 9 nitrogen and oxygen atoms in total. The molecule has 0 saturated carbocycles. The predicted octanol–water partition coefficient (Wildman–Crippen LogP) is 0.0589. The van der Waals surface area contributed by atoms with Crippen molar-refractivity contribution in [2.75, 3.05) is 26.5 Å². The molecule has 1 aliphatic heterocycles. The van der Waals surface area contributed by atoms with Crippen LogP contribution in [0.4, 0.5) is 0 Å². The van der Waals surface area contributed by atoms with Crippen LogP contribution in [-0.4, -0.2) is 60.5 Å². The number of benzene rings is 1. The van der Waals surface area contributed by atoms with Gasteiger partial charge in [0.15, 0.2) is 14.6 Å². The Morgan fingerprint density at radius 2 is 1.96 bits per heavy atom. The van der Waals surface area contributed by atoms with Gasteiger partial charge >= 0.3 is 0 Å². The zero-order valence-electron chi connectivity index (χ0n) is 15.3. The Morgan fingerprint density at radius 1 is 1.30 bits per heavy atom. The molecule has 27 heavy (non-hydrogen) atoms. The molecule has 0 unspecified atom stereocenters. The third-order valence-corrected chi connectivity index (χ3v) is 6.86. The number of sulfone groups is 1. The van der Waals surface area contributed by atoms with Gasteiger partial charge in [0.1, 0.15) is 11.4 Å². The van der Waals surface area contributed by atoms with E-state index in [-0.39, 0.29) is 19.4 Å². The lowest BCUT2D eigenvalue weighted by Crippen LogP contribution is -2.57. The average Bonchev–Trinajstić information content (AvgIpc) is 3.15. The van der Waals surface area contributed by atoms with E-state index in [1.807, 2.05) is 24.3 Å². The second-order valence-corrected chi connectivity index (χ2v) is 8.88. The van der Waals surface area contributed by atoms with Crippen molar-refractivity contribution in [1.29, 1.82) is 0 Å². The molecule has 0 atom stereocenters. The molecule has 1 aliphatic rings. The number of carbonyl (C=O) groups excluding carboxylic acids is 1. The zero-order chi connectivity index (χ0) is 19.5. The molecule has 1 aromatic heterocycles. The number of amides is 1. The number of nitrogens with zero attached hydrogens (tertiary/aromatic N) is 3. The number of aromatic nitrogens is 3. The zero-order valence-corrected chi connectivity index (χ0v) is 16.1. The maximum atomic E-state index is 12.7. The molecule has 0 aliphatic carbocycles. The van der Waals surface area contributed by atoms with Crippen molar-refractivity contribution >= 4 is 15.7 Å². The molecule has 2 aromatic rings. The lowest BCUT2D eigenvalue weighted by atomic mass is 9.96. The van der Waals surface area contributed by atoms with Crippen LogP contribution in [0.2, 0.25) is 0 Å². The summed E-state index contributed by atoms with van der Waals surface area (Å²) >= 11 is 0. The fraction of sp³-hybridized carbons (Fsp3) is 0.471. The van der Waals surface area contributed by atoms with Gasteiger partial charge in [-0.05, 0) is 50.2 Å².